The maximum atomic E-state index is 3.97. The van der Waals surface area contributed by atoms with Crippen molar-refractivity contribution in [3.05, 3.63) is 17.8 Å². The molecule has 0 atom stereocenters. The third kappa shape index (κ3) is 1.05. The molecule has 3 heteroatoms. The number of thiazole rings is 1. The molecule has 1 aromatic heterocycles. The Hall–Kier alpha value is -0.960. The van der Waals surface area contributed by atoms with Gasteiger partial charge in [-0.2, -0.15) is 0 Å². The van der Waals surface area contributed by atoms with Gasteiger partial charge >= 0.3 is 0 Å². The summed E-state index contributed by atoms with van der Waals surface area (Å²) in [7, 11) is 0. The second-order valence-corrected chi connectivity index (χ2v) is 2.24. The van der Waals surface area contributed by atoms with Crippen LogP contribution in [0, 0.1) is 0 Å². The van der Waals surface area contributed by atoms with E-state index >= 15 is 0 Å². The van der Waals surface area contributed by atoms with Crippen molar-refractivity contribution < 1.29 is 0 Å². The van der Waals surface area contributed by atoms with Gasteiger partial charge in [-0.15, -0.1) is 11.3 Å². The van der Waals surface area contributed by atoms with Crippen LogP contribution in [-0.4, -0.2) is 11.7 Å². The molecule has 0 aliphatic rings. The van der Waals surface area contributed by atoms with Gasteiger partial charge in [0.2, 0.25) is 0 Å². The average molecular weight is 138 g/mol. The molecule has 0 saturated carbocycles. The molecule has 0 aliphatic carbocycles. The highest BCUT2D eigenvalue weighted by atomic mass is 32.1. The Morgan fingerprint density at radius 2 is 2.56 bits per heavy atom. The summed E-state index contributed by atoms with van der Waals surface area (Å²) in [5.74, 6) is 0. The van der Waals surface area contributed by atoms with E-state index < -0.39 is 0 Å². The minimum Gasteiger partial charge on any atom is -0.251 e. The fourth-order valence-electron chi connectivity index (χ4n) is 0.507. The summed E-state index contributed by atoms with van der Waals surface area (Å²) in [4.78, 5) is 7.71. The molecule has 1 aromatic rings. The van der Waals surface area contributed by atoms with E-state index in [4.69, 9.17) is 0 Å². The van der Waals surface area contributed by atoms with Gasteiger partial charge in [0.1, 0.15) is 5.00 Å². The zero-order chi connectivity index (χ0) is 6.69. The van der Waals surface area contributed by atoms with E-state index in [1.54, 1.807) is 11.6 Å². The first kappa shape index (κ1) is 6.16. The molecule has 0 amide bonds. The second kappa shape index (κ2) is 2.55. The normalized spacial score (nSPS) is 8.89. The van der Waals surface area contributed by atoms with Gasteiger partial charge in [-0.1, -0.05) is 6.58 Å². The fourth-order valence-corrected chi connectivity index (χ4v) is 1.10. The van der Waals surface area contributed by atoms with Crippen LogP contribution in [0.5, 0.6) is 0 Å². The lowest BCUT2D eigenvalue weighted by Crippen LogP contribution is -1.65. The van der Waals surface area contributed by atoms with E-state index in [-0.39, 0.29) is 0 Å². The monoisotopic (exact) mass is 138 g/mol. The zero-order valence-electron chi connectivity index (χ0n) is 4.87. The Bertz CT molecular complexity index is 204. The Balaban J connectivity index is 3.12. The molecule has 0 fully saturated rings. The smallest absolute Gasteiger partial charge is 0.142 e. The maximum Gasteiger partial charge on any atom is 0.142 e. The van der Waals surface area contributed by atoms with E-state index in [1.807, 2.05) is 0 Å². The first-order valence-corrected chi connectivity index (χ1v) is 3.29. The molecular weight excluding hydrogens is 132 g/mol. The van der Waals surface area contributed by atoms with Crippen LogP contribution in [0.1, 0.15) is 5.69 Å². The Kier molecular flexibility index (Phi) is 1.75. The van der Waals surface area contributed by atoms with Gasteiger partial charge in [-0.25, -0.2) is 4.98 Å². The first-order valence-electron chi connectivity index (χ1n) is 2.41. The van der Waals surface area contributed by atoms with Gasteiger partial charge in [-0.3, -0.25) is 4.99 Å². The van der Waals surface area contributed by atoms with Crippen LogP contribution in [0.15, 0.2) is 17.1 Å². The van der Waals surface area contributed by atoms with E-state index in [1.165, 1.54) is 11.3 Å². The van der Waals surface area contributed by atoms with Crippen molar-refractivity contribution >= 4 is 29.1 Å². The first-order chi connectivity index (χ1) is 4.38. The quantitative estimate of drug-likeness (QED) is 0.574. The van der Waals surface area contributed by atoms with Crippen LogP contribution in [0.4, 0.5) is 5.00 Å². The summed E-state index contributed by atoms with van der Waals surface area (Å²) in [5, 5.41) is 0.838. The zero-order valence-corrected chi connectivity index (χ0v) is 5.69. The van der Waals surface area contributed by atoms with E-state index in [0.717, 1.165) is 10.7 Å². The van der Waals surface area contributed by atoms with Gasteiger partial charge in [0.05, 0.1) is 11.2 Å². The lowest BCUT2D eigenvalue weighted by Gasteiger charge is -1.82. The summed E-state index contributed by atoms with van der Waals surface area (Å²) in [6, 6.07) is 0. The van der Waals surface area contributed by atoms with E-state index in [0.29, 0.717) is 0 Å². The molecule has 2 nitrogen and oxygen atoms in total. The standard InChI is InChI=1S/C6H6N2S/c1-3-5-6(7-2)9-4-8-5/h3-4H,1-2H2. The van der Waals surface area contributed by atoms with Crippen LogP contribution in [0.25, 0.3) is 6.08 Å². The summed E-state index contributed by atoms with van der Waals surface area (Å²) >= 11 is 1.46. The minimum atomic E-state index is 0.815. The molecule has 0 aliphatic heterocycles. The van der Waals surface area contributed by atoms with Crippen LogP contribution in [0.2, 0.25) is 0 Å². The average Bonchev–Trinajstić information content (AvgIpc) is 2.33. The molecule has 9 heavy (non-hydrogen) atoms. The third-order valence-electron chi connectivity index (χ3n) is 0.912. The molecular formula is C6H6N2S. The van der Waals surface area contributed by atoms with Gasteiger partial charge in [-0.05, 0) is 12.8 Å². The lowest BCUT2D eigenvalue weighted by molar-refractivity contribution is 1.37. The minimum absolute atomic E-state index is 0.815. The van der Waals surface area contributed by atoms with Crippen LogP contribution < -0.4 is 0 Å². The van der Waals surface area contributed by atoms with Crippen LogP contribution in [0.3, 0.4) is 0 Å². The van der Waals surface area contributed by atoms with Crippen molar-refractivity contribution in [1.29, 1.82) is 0 Å². The van der Waals surface area contributed by atoms with Crippen molar-refractivity contribution in [1.82, 2.24) is 4.98 Å². The molecule has 1 rings (SSSR count). The molecule has 0 saturated heterocycles. The van der Waals surface area contributed by atoms with Gasteiger partial charge < -0.3 is 0 Å². The molecule has 0 bridgehead atoms. The summed E-state index contributed by atoms with van der Waals surface area (Å²) in [5.41, 5.74) is 2.54. The fraction of sp³-hybridized carbons (Fsp3) is 0. The number of nitrogens with zero attached hydrogens (tertiary/aromatic N) is 2. The molecule has 0 aromatic carbocycles. The molecule has 46 valence electrons. The number of aliphatic imine (C=N–C) groups is 1. The molecule has 0 radical (unpaired) electrons. The van der Waals surface area contributed by atoms with Crippen molar-refractivity contribution in [2.75, 3.05) is 0 Å². The maximum absolute atomic E-state index is 3.97. The molecule has 0 spiro atoms. The number of rotatable bonds is 2. The Labute approximate surface area is 57.6 Å². The van der Waals surface area contributed by atoms with Gasteiger partial charge in [0.15, 0.2) is 0 Å². The predicted molar refractivity (Wildman–Crippen MR) is 41.4 cm³/mol. The molecule has 0 unspecified atom stereocenters. The summed E-state index contributed by atoms with van der Waals surface area (Å²) < 4.78 is 0. The number of aromatic nitrogens is 1. The van der Waals surface area contributed by atoms with Crippen molar-refractivity contribution in [3.63, 3.8) is 0 Å². The lowest BCUT2D eigenvalue weighted by atomic mass is 10.5. The van der Waals surface area contributed by atoms with Crippen LogP contribution >= 0.6 is 11.3 Å². The number of hydrogen-bond acceptors (Lipinski definition) is 3. The SMILES string of the molecule is C=Cc1ncsc1N=C. The van der Waals surface area contributed by atoms with Crippen molar-refractivity contribution in [2.24, 2.45) is 4.99 Å². The molecule has 1 heterocycles. The van der Waals surface area contributed by atoms with Crippen LogP contribution in [-0.2, 0) is 0 Å². The van der Waals surface area contributed by atoms with E-state index in [2.05, 4.69) is 23.3 Å². The largest absolute Gasteiger partial charge is 0.251 e. The number of hydrogen-bond donors (Lipinski definition) is 0. The Morgan fingerprint density at radius 1 is 1.78 bits per heavy atom. The van der Waals surface area contributed by atoms with Crippen molar-refractivity contribution in [3.8, 4) is 0 Å². The topological polar surface area (TPSA) is 25.2 Å². The Morgan fingerprint density at radius 3 is 3.00 bits per heavy atom. The summed E-state index contributed by atoms with van der Waals surface area (Å²) in [6.45, 7) is 6.95. The van der Waals surface area contributed by atoms with Gasteiger partial charge in [0, 0.05) is 0 Å². The van der Waals surface area contributed by atoms with Crippen molar-refractivity contribution in [2.45, 2.75) is 0 Å². The predicted octanol–water partition coefficient (Wildman–Crippen LogP) is 2.12. The second-order valence-electron chi connectivity index (χ2n) is 1.40. The highest BCUT2D eigenvalue weighted by Gasteiger charge is 1.96. The van der Waals surface area contributed by atoms with E-state index in [9.17, 15) is 0 Å². The third-order valence-corrected chi connectivity index (χ3v) is 1.68. The highest BCUT2D eigenvalue weighted by Crippen LogP contribution is 2.23. The van der Waals surface area contributed by atoms with Gasteiger partial charge in [0.25, 0.3) is 0 Å². The highest BCUT2D eigenvalue weighted by molar-refractivity contribution is 7.13. The summed E-state index contributed by atoms with van der Waals surface area (Å²) in [6.07, 6.45) is 1.67. The molecule has 0 N–H and O–H groups in total.